The minimum absolute atomic E-state index is 0.194. The highest BCUT2D eigenvalue weighted by Gasteiger charge is 2.26. The van der Waals surface area contributed by atoms with Crippen molar-refractivity contribution in [1.82, 2.24) is 4.90 Å². The largest absolute Gasteiger partial charge is 0.494 e. The molecular weight excluding hydrogens is 318 g/mol. The number of likely N-dealkylation sites (N-methyl/N-ethyl adjacent to an activating group) is 1. The van der Waals surface area contributed by atoms with Crippen molar-refractivity contribution in [3.05, 3.63) is 66.2 Å². The van der Waals surface area contributed by atoms with E-state index in [9.17, 15) is 14.7 Å². The summed E-state index contributed by atoms with van der Waals surface area (Å²) >= 11 is 0. The standard InChI is InChI=1S/C20H23NO4/c1-21(18(20(23)24)15-16-9-4-2-5-10-16)19(22)13-8-14-25-17-11-6-3-7-12-17/h2-7,9-12,18H,8,13-15H2,1H3,(H,23,24). The number of carbonyl (C=O) groups excluding carboxylic acids is 1. The molecule has 5 heteroatoms. The van der Waals surface area contributed by atoms with E-state index in [4.69, 9.17) is 4.74 Å². The third kappa shape index (κ3) is 5.95. The molecule has 0 radical (unpaired) electrons. The number of hydrogen-bond donors (Lipinski definition) is 1. The Labute approximate surface area is 147 Å². The molecule has 1 N–H and O–H groups in total. The van der Waals surface area contributed by atoms with E-state index in [0.717, 1.165) is 11.3 Å². The molecule has 0 spiro atoms. The van der Waals surface area contributed by atoms with Crippen LogP contribution >= 0.6 is 0 Å². The predicted molar refractivity (Wildman–Crippen MR) is 95.5 cm³/mol. The lowest BCUT2D eigenvalue weighted by molar-refractivity contribution is -0.149. The summed E-state index contributed by atoms with van der Waals surface area (Å²) in [6, 6.07) is 17.8. The van der Waals surface area contributed by atoms with Crippen LogP contribution in [0.15, 0.2) is 60.7 Å². The number of nitrogens with zero attached hydrogens (tertiary/aromatic N) is 1. The van der Waals surface area contributed by atoms with Crippen molar-refractivity contribution in [2.24, 2.45) is 0 Å². The lowest BCUT2D eigenvalue weighted by atomic mass is 10.0. The molecule has 5 nitrogen and oxygen atoms in total. The molecule has 1 amide bonds. The fraction of sp³-hybridized carbons (Fsp3) is 0.300. The number of hydrogen-bond acceptors (Lipinski definition) is 3. The minimum Gasteiger partial charge on any atom is -0.494 e. The molecule has 1 atom stereocenters. The molecule has 0 aliphatic rings. The van der Waals surface area contributed by atoms with Crippen molar-refractivity contribution >= 4 is 11.9 Å². The molecule has 132 valence electrons. The minimum atomic E-state index is -1.000. The van der Waals surface area contributed by atoms with Crippen LogP contribution in [0.4, 0.5) is 0 Å². The Morgan fingerprint density at radius 1 is 1.04 bits per heavy atom. The van der Waals surface area contributed by atoms with E-state index in [1.54, 1.807) is 7.05 Å². The zero-order valence-electron chi connectivity index (χ0n) is 14.3. The number of ether oxygens (including phenoxy) is 1. The molecule has 2 aromatic carbocycles. The van der Waals surface area contributed by atoms with E-state index in [2.05, 4.69) is 0 Å². The van der Waals surface area contributed by atoms with Crippen molar-refractivity contribution in [2.45, 2.75) is 25.3 Å². The van der Waals surface area contributed by atoms with E-state index in [-0.39, 0.29) is 12.3 Å². The lowest BCUT2D eigenvalue weighted by Crippen LogP contribution is -2.43. The van der Waals surface area contributed by atoms with Crippen LogP contribution < -0.4 is 4.74 Å². The van der Waals surface area contributed by atoms with Gasteiger partial charge in [0.1, 0.15) is 11.8 Å². The van der Waals surface area contributed by atoms with Crippen LogP contribution in [-0.4, -0.2) is 41.6 Å². The lowest BCUT2D eigenvalue weighted by Gasteiger charge is -2.25. The van der Waals surface area contributed by atoms with Crippen LogP contribution in [0.2, 0.25) is 0 Å². The van der Waals surface area contributed by atoms with Gasteiger partial charge in [-0.2, -0.15) is 0 Å². The molecule has 0 aromatic heterocycles. The Bertz CT molecular complexity index is 673. The molecule has 0 heterocycles. The fourth-order valence-corrected chi connectivity index (χ4v) is 2.51. The van der Waals surface area contributed by atoms with Gasteiger partial charge in [0.2, 0.25) is 5.91 Å². The van der Waals surface area contributed by atoms with Crippen molar-refractivity contribution in [1.29, 1.82) is 0 Å². The van der Waals surface area contributed by atoms with Crippen LogP contribution in [0.1, 0.15) is 18.4 Å². The first-order valence-corrected chi connectivity index (χ1v) is 8.28. The van der Waals surface area contributed by atoms with Crippen LogP contribution in [0.25, 0.3) is 0 Å². The third-order valence-corrected chi connectivity index (χ3v) is 3.96. The molecule has 2 rings (SSSR count). The Morgan fingerprint density at radius 2 is 1.64 bits per heavy atom. The van der Waals surface area contributed by atoms with Gasteiger partial charge in [-0.3, -0.25) is 4.79 Å². The van der Waals surface area contributed by atoms with E-state index >= 15 is 0 Å². The van der Waals surface area contributed by atoms with Crippen molar-refractivity contribution in [2.75, 3.05) is 13.7 Å². The average molecular weight is 341 g/mol. The van der Waals surface area contributed by atoms with Crippen LogP contribution in [0.3, 0.4) is 0 Å². The molecule has 0 fully saturated rings. The molecule has 0 bridgehead atoms. The summed E-state index contributed by atoms with van der Waals surface area (Å²) in [5.41, 5.74) is 0.891. The van der Waals surface area contributed by atoms with Gasteiger partial charge in [0.05, 0.1) is 6.61 Å². The SMILES string of the molecule is CN(C(=O)CCCOc1ccccc1)C(Cc1ccccc1)C(=O)O. The number of para-hydroxylation sites is 1. The van der Waals surface area contributed by atoms with Crippen LogP contribution in [0, 0.1) is 0 Å². The maximum Gasteiger partial charge on any atom is 0.326 e. The van der Waals surface area contributed by atoms with Crippen molar-refractivity contribution in [3.63, 3.8) is 0 Å². The van der Waals surface area contributed by atoms with E-state index in [1.165, 1.54) is 4.90 Å². The summed E-state index contributed by atoms with van der Waals surface area (Å²) in [7, 11) is 1.54. The number of benzene rings is 2. The summed E-state index contributed by atoms with van der Waals surface area (Å²) in [5.74, 6) is -0.434. The topological polar surface area (TPSA) is 66.8 Å². The molecule has 1 unspecified atom stereocenters. The number of rotatable bonds is 9. The Morgan fingerprint density at radius 3 is 2.24 bits per heavy atom. The smallest absolute Gasteiger partial charge is 0.326 e. The van der Waals surface area contributed by atoms with E-state index in [0.29, 0.717) is 19.4 Å². The monoisotopic (exact) mass is 341 g/mol. The normalized spacial score (nSPS) is 11.6. The number of carboxylic acids is 1. The zero-order valence-corrected chi connectivity index (χ0v) is 14.3. The first kappa shape index (κ1) is 18.5. The number of amides is 1. The van der Waals surface area contributed by atoms with Gasteiger partial charge in [-0.05, 0) is 24.1 Å². The predicted octanol–water partition coefficient (Wildman–Crippen LogP) is 3.00. The summed E-state index contributed by atoms with van der Waals surface area (Å²) < 4.78 is 5.55. The molecule has 0 saturated carbocycles. The summed E-state index contributed by atoms with van der Waals surface area (Å²) in [6.45, 7) is 0.417. The van der Waals surface area contributed by atoms with Gasteiger partial charge in [-0.25, -0.2) is 4.79 Å². The maximum atomic E-state index is 12.3. The number of carbonyl (C=O) groups is 2. The Hall–Kier alpha value is -2.82. The fourth-order valence-electron chi connectivity index (χ4n) is 2.51. The van der Waals surface area contributed by atoms with Gasteiger partial charge >= 0.3 is 5.97 Å². The highest BCUT2D eigenvalue weighted by molar-refractivity contribution is 5.83. The van der Waals surface area contributed by atoms with Crippen molar-refractivity contribution < 1.29 is 19.4 Å². The second-order valence-electron chi connectivity index (χ2n) is 5.81. The summed E-state index contributed by atoms with van der Waals surface area (Å²) in [6.07, 6.45) is 1.08. The molecule has 2 aromatic rings. The molecule has 0 aliphatic heterocycles. The van der Waals surface area contributed by atoms with Crippen LogP contribution in [0.5, 0.6) is 5.75 Å². The Kier molecular flexibility index (Phi) is 7.01. The van der Waals surface area contributed by atoms with Gasteiger partial charge in [0, 0.05) is 19.9 Å². The molecule has 25 heavy (non-hydrogen) atoms. The number of aliphatic carboxylic acids is 1. The first-order valence-electron chi connectivity index (χ1n) is 8.28. The van der Waals surface area contributed by atoms with Gasteiger partial charge in [-0.1, -0.05) is 48.5 Å². The average Bonchev–Trinajstić information content (AvgIpc) is 2.64. The summed E-state index contributed by atoms with van der Waals surface area (Å²) in [4.78, 5) is 25.2. The quantitative estimate of drug-likeness (QED) is 0.712. The second kappa shape index (κ2) is 9.47. The van der Waals surface area contributed by atoms with Crippen LogP contribution in [-0.2, 0) is 16.0 Å². The van der Waals surface area contributed by atoms with Gasteiger partial charge < -0.3 is 14.7 Å². The van der Waals surface area contributed by atoms with Gasteiger partial charge in [0.25, 0.3) is 0 Å². The van der Waals surface area contributed by atoms with Gasteiger partial charge in [-0.15, -0.1) is 0 Å². The molecule has 0 aliphatic carbocycles. The van der Waals surface area contributed by atoms with E-state index in [1.807, 2.05) is 60.7 Å². The highest BCUT2D eigenvalue weighted by Crippen LogP contribution is 2.12. The summed E-state index contributed by atoms with van der Waals surface area (Å²) in [5, 5.41) is 9.46. The van der Waals surface area contributed by atoms with Gasteiger partial charge in [0.15, 0.2) is 0 Å². The van der Waals surface area contributed by atoms with Crippen molar-refractivity contribution in [3.8, 4) is 5.75 Å². The highest BCUT2D eigenvalue weighted by atomic mass is 16.5. The second-order valence-corrected chi connectivity index (χ2v) is 5.81. The Balaban J connectivity index is 1.82. The maximum absolute atomic E-state index is 12.3. The zero-order chi connectivity index (χ0) is 18.1. The number of carboxylic acid groups (broad SMARTS) is 1. The molecule has 0 saturated heterocycles. The first-order chi connectivity index (χ1) is 12.1. The molecular formula is C20H23NO4. The third-order valence-electron chi connectivity index (χ3n) is 3.96. The van der Waals surface area contributed by atoms with E-state index < -0.39 is 12.0 Å².